The Balaban J connectivity index is 3.64. The Kier molecular flexibility index (Phi) is 8.08. The van der Waals surface area contributed by atoms with Crippen LogP contribution in [0.25, 0.3) is 0 Å². The lowest BCUT2D eigenvalue weighted by atomic mass is 10.0. The molecule has 4 heteroatoms. The van der Waals surface area contributed by atoms with E-state index in [1.54, 1.807) is 4.31 Å². The van der Waals surface area contributed by atoms with Crippen molar-refractivity contribution >= 4 is 10.0 Å². The van der Waals surface area contributed by atoms with Crippen LogP contribution in [0, 0.1) is 26.7 Å². The van der Waals surface area contributed by atoms with E-state index in [0.29, 0.717) is 11.4 Å². The summed E-state index contributed by atoms with van der Waals surface area (Å²) >= 11 is 0. The fraction of sp³-hybridized carbons (Fsp3) is 0.500. The van der Waals surface area contributed by atoms with Gasteiger partial charge in [0.1, 0.15) is 0 Å². The van der Waals surface area contributed by atoms with E-state index >= 15 is 0 Å². The van der Waals surface area contributed by atoms with Gasteiger partial charge in [-0.25, -0.2) is 8.42 Å². The third-order valence-electron chi connectivity index (χ3n) is 4.30. The molecule has 26 heavy (non-hydrogen) atoms. The fourth-order valence-corrected chi connectivity index (χ4v) is 5.21. The third kappa shape index (κ3) is 5.44. The van der Waals surface area contributed by atoms with E-state index in [-0.39, 0.29) is 12.0 Å². The molecule has 1 atom stereocenters. The van der Waals surface area contributed by atoms with Crippen LogP contribution in [-0.4, -0.2) is 25.3 Å². The largest absolute Gasteiger partial charge is 0.244 e. The van der Waals surface area contributed by atoms with E-state index in [1.807, 2.05) is 85.8 Å². The van der Waals surface area contributed by atoms with E-state index < -0.39 is 10.0 Å². The summed E-state index contributed by atoms with van der Waals surface area (Å²) in [5, 5.41) is 0. The van der Waals surface area contributed by atoms with Gasteiger partial charge >= 0.3 is 0 Å². The average molecular weight is 376 g/mol. The first-order valence-electron chi connectivity index (χ1n) is 9.12. The van der Waals surface area contributed by atoms with Gasteiger partial charge in [0.05, 0.1) is 10.9 Å². The lowest BCUT2D eigenvalue weighted by molar-refractivity contribution is 0.323. The first kappa shape index (κ1) is 22.4. The highest BCUT2D eigenvalue weighted by molar-refractivity contribution is 7.89. The lowest BCUT2D eigenvalue weighted by Crippen LogP contribution is -2.42. The summed E-state index contributed by atoms with van der Waals surface area (Å²) in [6, 6.07) is 3.61. The Bertz CT molecular complexity index is 799. The average Bonchev–Trinajstić information content (AvgIpc) is 2.48. The maximum atomic E-state index is 13.6. The number of benzene rings is 1. The molecule has 0 aliphatic rings. The van der Waals surface area contributed by atoms with Crippen molar-refractivity contribution in [2.75, 3.05) is 6.54 Å². The maximum absolute atomic E-state index is 13.6. The van der Waals surface area contributed by atoms with E-state index in [2.05, 4.69) is 5.73 Å². The van der Waals surface area contributed by atoms with Gasteiger partial charge in [0.25, 0.3) is 0 Å². The summed E-state index contributed by atoms with van der Waals surface area (Å²) in [6.45, 7) is 16.0. The first-order valence-corrected chi connectivity index (χ1v) is 10.6. The van der Waals surface area contributed by atoms with Crippen LogP contribution in [-0.2, 0) is 10.0 Å². The molecule has 144 valence electrons. The Labute approximate surface area is 160 Å². The van der Waals surface area contributed by atoms with Crippen molar-refractivity contribution in [2.45, 2.75) is 66.3 Å². The molecule has 0 unspecified atom stereocenters. The van der Waals surface area contributed by atoms with Crippen LogP contribution in [0.5, 0.6) is 0 Å². The summed E-state index contributed by atoms with van der Waals surface area (Å²) < 4.78 is 28.9. The summed E-state index contributed by atoms with van der Waals surface area (Å²) in [7, 11) is -3.65. The Hall–Kier alpha value is -1.61. The smallest absolute Gasteiger partial charge is 0.207 e. The SMILES string of the molecule is CC=C=C[C@H](C(C)C)N(CC=C(C)C)S(=O)(=O)c1c(C)cc(C)cc1C. The quantitative estimate of drug-likeness (QED) is 0.477. The standard InChI is InChI=1S/C22H33NO2S/c1-9-10-11-21(17(4)5)23(13-12-16(2)3)26(24,25)22-19(7)14-18(6)15-20(22)8/h9,11-12,14-15,17,21H,13H2,1-8H3/t10?,21-/m1/s1. The van der Waals surface area contributed by atoms with E-state index in [0.717, 1.165) is 22.3 Å². The van der Waals surface area contributed by atoms with Gasteiger partial charge in [-0.05, 0) is 70.7 Å². The zero-order valence-corrected chi connectivity index (χ0v) is 18.2. The maximum Gasteiger partial charge on any atom is 0.244 e. The number of hydrogen-bond acceptors (Lipinski definition) is 2. The van der Waals surface area contributed by atoms with Crippen LogP contribution < -0.4 is 0 Å². The Morgan fingerprint density at radius 1 is 1.15 bits per heavy atom. The number of hydrogen-bond donors (Lipinski definition) is 0. The summed E-state index contributed by atoms with van der Waals surface area (Å²) in [6.07, 6.45) is 5.64. The van der Waals surface area contributed by atoms with Crippen molar-refractivity contribution in [1.29, 1.82) is 0 Å². The minimum absolute atomic E-state index is 0.133. The molecule has 0 aliphatic carbocycles. The number of sulfonamides is 1. The van der Waals surface area contributed by atoms with Gasteiger partial charge < -0.3 is 0 Å². The molecule has 0 aromatic heterocycles. The molecule has 0 saturated heterocycles. The van der Waals surface area contributed by atoms with E-state index in [9.17, 15) is 8.42 Å². The number of allylic oxidation sites excluding steroid dienone is 1. The highest BCUT2D eigenvalue weighted by atomic mass is 32.2. The van der Waals surface area contributed by atoms with Crippen LogP contribution in [0.4, 0.5) is 0 Å². The molecule has 0 fully saturated rings. The number of rotatable bonds is 7. The molecule has 0 amide bonds. The second kappa shape index (κ2) is 9.36. The second-order valence-electron chi connectivity index (χ2n) is 7.44. The van der Waals surface area contributed by atoms with Gasteiger partial charge in [0.2, 0.25) is 10.0 Å². The zero-order chi connectivity index (χ0) is 20.1. The van der Waals surface area contributed by atoms with Crippen LogP contribution >= 0.6 is 0 Å². The molecule has 1 rings (SSSR count). The number of aryl methyl sites for hydroxylation is 3. The van der Waals surface area contributed by atoms with Crippen LogP contribution in [0.15, 0.2) is 46.6 Å². The Morgan fingerprint density at radius 3 is 2.12 bits per heavy atom. The number of nitrogens with zero attached hydrogens (tertiary/aromatic N) is 1. The highest BCUT2D eigenvalue weighted by Gasteiger charge is 2.33. The molecule has 0 bridgehead atoms. The lowest BCUT2D eigenvalue weighted by Gasteiger charge is -2.31. The molecule has 0 heterocycles. The Morgan fingerprint density at radius 2 is 1.69 bits per heavy atom. The van der Waals surface area contributed by atoms with Gasteiger partial charge in [0.15, 0.2) is 0 Å². The third-order valence-corrected chi connectivity index (χ3v) is 6.47. The van der Waals surface area contributed by atoms with Gasteiger partial charge in [-0.3, -0.25) is 0 Å². The molecule has 0 N–H and O–H groups in total. The molecular formula is C22H33NO2S. The predicted octanol–water partition coefficient (Wildman–Crippen LogP) is 5.32. The fourth-order valence-electron chi connectivity index (χ4n) is 3.15. The molecule has 1 aromatic carbocycles. The van der Waals surface area contributed by atoms with Crippen molar-refractivity contribution in [3.8, 4) is 0 Å². The predicted molar refractivity (Wildman–Crippen MR) is 111 cm³/mol. The van der Waals surface area contributed by atoms with Gasteiger partial charge in [-0.2, -0.15) is 4.31 Å². The zero-order valence-electron chi connectivity index (χ0n) is 17.4. The van der Waals surface area contributed by atoms with Crippen LogP contribution in [0.1, 0.15) is 51.3 Å². The van der Waals surface area contributed by atoms with Crippen molar-refractivity contribution in [1.82, 2.24) is 4.31 Å². The molecule has 3 nitrogen and oxygen atoms in total. The highest BCUT2D eigenvalue weighted by Crippen LogP contribution is 2.28. The van der Waals surface area contributed by atoms with Gasteiger partial charge in [0, 0.05) is 6.54 Å². The van der Waals surface area contributed by atoms with E-state index in [4.69, 9.17) is 0 Å². The summed E-state index contributed by atoms with van der Waals surface area (Å²) in [5.74, 6) is 0.133. The molecule has 0 spiro atoms. The summed E-state index contributed by atoms with van der Waals surface area (Å²) in [4.78, 5) is 0.421. The monoisotopic (exact) mass is 375 g/mol. The van der Waals surface area contributed by atoms with Crippen molar-refractivity contribution in [2.24, 2.45) is 5.92 Å². The first-order chi connectivity index (χ1) is 12.0. The van der Waals surface area contributed by atoms with Crippen LogP contribution in [0.2, 0.25) is 0 Å². The molecule has 0 radical (unpaired) electrons. The van der Waals surface area contributed by atoms with Gasteiger partial charge in [-0.1, -0.05) is 43.2 Å². The topological polar surface area (TPSA) is 37.4 Å². The van der Waals surface area contributed by atoms with Gasteiger partial charge in [-0.15, -0.1) is 5.73 Å². The molecule has 0 saturated carbocycles. The normalized spacial score (nSPS) is 12.7. The molecule has 1 aromatic rings. The second-order valence-corrected chi connectivity index (χ2v) is 9.27. The van der Waals surface area contributed by atoms with Crippen molar-refractivity contribution in [3.05, 3.63) is 58.4 Å². The minimum Gasteiger partial charge on any atom is -0.207 e. The molecular weight excluding hydrogens is 342 g/mol. The van der Waals surface area contributed by atoms with Crippen LogP contribution in [0.3, 0.4) is 0 Å². The minimum atomic E-state index is -3.65. The molecule has 0 aliphatic heterocycles. The van der Waals surface area contributed by atoms with Crippen molar-refractivity contribution in [3.63, 3.8) is 0 Å². The van der Waals surface area contributed by atoms with E-state index in [1.165, 1.54) is 0 Å². The van der Waals surface area contributed by atoms with Crippen molar-refractivity contribution < 1.29 is 8.42 Å². The summed E-state index contributed by atoms with van der Waals surface area (Å²) in [5.41, 5.74) is 6.84.